The van der Waals surface area contributed by atoms with Gasteiger partial charge in [0.25, 0.3) is 0 Å². The number of carbonyl (C=O) groups excluding carboxylic acids is 4. The number of unbranched alkanes of at least 4 members (excludes halogenated alkanes) is 9. The second-order valence-corrected chi connectivity index (χ2v) is 27.6. The van der Waals surface area contributed by atoms with Crippen molar-refractivity contribution in [1.82, 2.24) is 79.4 Å². The highest BCUT2D eigenvalue weighted by Crippen LogP contribution is 2.24. The van der Waals surface area contributed by atoms with Crippen molar-refractivity contribution < 1.29 is 108 Å². The van der Waals surface area contributed by atoms with E-state index in [0.717, 1.165) is 57.1 Å². The zero-order valence-corrected chi connectivity index (χ0v) is 63.1. The number of piperazine rings is 1. The molecule has 0 aliphatic carbocycles. The van der Waals surface area contributed by atoms with Gasteiger partial charge in [0.2, 0.25) is 23.8 Å². The number of aliphatic carboxylic acids is 9. The van der Waals surface area contributed by atoms with Crippen LogP contribution in [-0.2, 0) is 90.1 Å². The highest BCUT2D eigenvalue weighted by atomic mass is 16.4. The zero-order valence-electron chi connectivity index (χ0n) is 63.1. The third-order valence-corrected chi connectivity index (χ3v) is 18.8. The summed E-state index contributed by atoms with van der Waals surface area (Å²) in [6, 6.07) is 2.01. The molecule has 112 heavy (non-hydrogen) atoms. The number of carbonyl (C=O) groups is 11. The molecule has 2 aliphatic rings. The minimum absolute atomic E-state index is 0.00636. The van der Waals surface area contributed by atoms with E-state index < -0.39 is 84.3 Å². The van der Waals surface area contributed by atoms with Gasteiger partial charge in [-0.15, -0.1) is 0 Å². The van der Waals surface area contributed by atoms with Gasteiger partial charge in [-0.05, 0) is 102 Å². The summed E-state index contributed by atoms with van der Waals surface area (Å²) in [4.78, 5) is 184. The van der Waals surface area contributed by atoms with E-state index in [1.54, 1.807) is 22.2 Å². The van der Waals surface area contributed by atoms with E-state index >= 15 is 0 Å². The number of imidazole rings is 2. The minimum atomic E-state index is -1.51. The van der Waals surface area contributed by atoms with Crippen LogP contribution in [0.5, 0.6) is 0 Å². The molecule has 6 rings (SSSR count). The molecule has 14 N–H and O–H groups in total. The SMILES string of the molecule is CN1CCN(CC(=O)O)CCN(CC(=O)O)CCN(CC(=O)O)C(Cc2ccc(Nc3nc(N[C@@H](CCCCN(Cc4nccn4CC(=O)O)Cc4nccn4CC(=O)O)C(=O)O)nc(N4CCN(CCCCCCCCCCC(=O)NCCCC[C@H](NC(=O)N[C@@H](CCC(=O)O)C(=O)O)C(=O)O)CC4)n3)cc2)C1.O=C=O. The number of nitrogens with one attached hydrogen (secondary N) is 5. The molecule has 0 spiro atoms. The Morgan fingerprint density at radius 2 is 1.00 bits per heavy atom. The molecule has 0 saturated carbocycles. The summed E-state index contributed by atoms with van der Waals surface area (Å²) in [6.07, 6.45) is 15.7. The van der Waals surface area contributed by atoms with Crippen molar-refractivity contribution >= 4 is 95.3 Å². The third-order valence-electron chi connectivity index (χ3n) is 18.8. The van der Waals surface area contributed by atoms with E-state index in [1.807, 2.05) is 50.9 Å². The number of amides is 3. The van der Waals surface area contributed by atoms with Gasteiger partial charge in [0.1, 0.15) is 42.9 Å². The number of rotatable bonds is 50. The van der Waals surface area contributed by atoms with Crippen LogP contribution in [0, 0.1) is 0 Å². The smallest absolute Gasteiger partial charge is 0.373 e. The van der Waals surface area contributed by atoms with Crippen molar-refractivity contribution in [3.8, 4) is 0 Å². The van der Waals surface area contributed by atoms with Gasteiger partial charge in [-0.25, -0.2) is 29.1 Å². The van der Waals surface area contributed by atoms with Crippen LogP contribution in [0.15, 0.2) is 49.1 Å². The number of carboxylic acids is 9. The molecular weight excluding hydrogens is 1470 g/mol. The van der Waals surface area contributed by atoms with E-state index in [2.05, 4.69) is 41.5 Å². The number of likely N-dealkylation sites (N-methyl/N-ethyl adjacent to an activating group) is 1. The zero-order chi connectivity index (χ0) is 81.9. The molecule has 3 amide bonds. The first kappa shape index (κ1) is 91.8. The molecule has 41 nitrogen and oxygen atoms in total. The first-order valence-electron chi connectivity index (χ1n) is 37.3. The molecule has 0 bridgehead atoms. The molecule has 1 aromatic carbocycles. The standard InChI is InChI=1S/C70H107N19O20.CO2/c1-81-30-31-83(44-59(93)94)32-33-84(45-60(95)96)36-39-87(46-61(97)98)51(41-81)40-49-17-19-50(20-18-49)74-67-78-68(75-52(64(103)104)15-10-13-27-85(42-55-71-24-28-88(55)47-62(99)100)43-56-72-25-29-89(56)48-63(101)102)80-69(79-67)86-37-34-82(35-38-86)26-12-7-5-3-2-4-6-8-16-57(90)73-23-11-9-14-53(65(105)106)76-70(109)77-54(66(107)108)21-22-58(91)92;2-1-3/h17-20,24-25,28-29,51-54H,2-16,21-23,26-27,30-48H2,1H3,(H,73,90)(H,91,92)(H,93,94)(H,95,96)(H,97,98)(H,99,100)(H,101,102)(H,103,104)(H,105,106)(H,107,108)(H2,76,77,109)(H2,74,75,78,79,80);/t51?,52-,53-,54-;/m0./s1. The average Bonchev–Trinajstić information content (AvgIpc) is 0.991. The molecule has 2 saturated heterocycles. The summed E-state index contributed by atoms with van der Waals surface area (Å²) in [5, 5.41) is 100. The van der Waals surface area contributed by atoms with Gasteiger partial charge in [-0.1, -0.05) is 50.7 Å². The van der Waals surface area contributed by atoms with Crippen LogP contribution in [0.1, 0.15) is 126 Å². The first-order valence-corrected chi connectivity index (χ1v) is 37.3. The molecule has 618 valence electrons. The monoisotopic (exact) mass is 1580 g/mol. The van der Waals surface area contributed by atoms with E-state index in [-0.39, 0.29) is 115 Å². The van der Waals surface area contributed by atoms with Crippen molar-refractivity contribution in [1.29, 1.82) is 0 Å². The fourth-order valence-corrected chi connectivity index (χ4v) is 12.9. The normalized spacial score (nSPS) is 15.7. The van der Waals surface area contributed by atoms with Gasteiger partial charge < -0.3 is 91.5 Å². The van der Waals surface area contributed by atoms with E-state index in [4.69, 9.17) is 29.6 Å². The first-order chi connectivity index (χ1) is 53.6. The van der Waals surface area contributed by atoms with Crippen LogP contribution >= 0.6 is 0 Å². The number of hydrogen-bond donors (Lipinski definition) is 14. The Morgan fingerprint density at radius 1 is 0.509 bits per heavy atom. The second-order valence-electron chi connectivity index (χ2n) is 27.6. The molecule has 4 atom stereocenters. The van der Waals surface area contributed by atoms with E-state index in [1.165, 1.54) is 21.5 Å². The number of nitrogens with zero attached hydrogens (tertiary/aromatic N) is 14. The largest absolute Gasteiger partial charge is 0.481 e. The van der Waals surface area contributed by atoms with Gasteiger partial charge in [-0.3, -0.25) is 58.1 Å². The highest BCUT2D eigenvalue weighted by molar-refractivity contribution is 5.86. The molecule has 5 heterocycles. The van der Waals surface area contributed by atoms with Gasteiger partial charge in [0.15, 0.2) is 0 Å². The maximum Gasteiger partial charge on any atom is 0.373 e. The highest BCUT2D eigenvalue weighted by Gasteiger charge is 2.30. The lowest BCUT2D eigenvalue weighted by Crippen LogP contribution is -2.52. The summed E-state index contributed by atoms with van der Waals surface area (Å²) in [5.74, 6) is -9.19. The third kappa shape index (κ3) is 36.8. The Morgan fingerprint density at radius 3 is 1.54 bits per heavy atom. The van der Waals surface area contributed by atoms with Crippen LogP contribution in [-0.4, -0.2) is 324 Å². The number of carboxylic acid groups (broad SMARTS) is 9. The average molecular weight is 1580 g/mol. The molecule has 2 aliphatic heterocycles. The predicted octanol–water partition coefficient (Wildman–Crippen LogP) is 1.34. The quantitative estimate of drug-likeness (QED) is 0.0277. The number of aromatic nitrogens is 7. The van der Waals surface area contributed by atoms with Crippen molar-refractivity contribution in [3.63, 3.8) is 0 Å². The maximum atomic E-state index is 13.1. The lowest BCUT2D eigenvalue weighted by atomic mass is 10.0. The Hall–Kier alpha value is -10.8. The van der Waals surface area contributed by atoms with E-state index in [9.17, 15) is 93.6 Å². The Balaban J connectivity index is 0.00000735. The van der Waals surface area contributed by atoms with E-state index in [0.29, 0.717) is 134 Å². The molecule has 4 aromatic rings. The number of anilines is 4. The minimum Gasteiger partial charge on any atom is -0.481 e. The Kier molecular flexibility index (Phi) is 41.1. The number of hydrogen-bond acceptors (Lipinski definition) is 27. The van der Waals surface area contributed by atoms with Gasteiger partial charge in [0, 0.05) is 128 Å². The summed E-state index contributed by atoms with van der Waals surface area (Å²) >= 11 is 0. The predicted molar refractivity (Wildman–Crippen MR) is 398 cm³/mol. The summed E-state index contributed by atoms with van der Waals surface area (Å²) in [6.45, 7) is 5.27. The summed E-state index contributed by atoms with van der Waals surface area (Å²) < 4.78 is 3.00. The molecule has 3 aromatic heterocycles. The van der Waals surface area contributed by atoms with Crippen molar-refractivity contribution in [2.75, 3.05) is 134 Å². The van der Waals surface area contributed by atoms with Gasteiger partial charge in [0.05, 0.1) is 32.7 Å². The molecular formula is C71H107N19O22. The topological polar surface area (TPSA) is 561 Å². The molecule has 0 radical (unpaired) electrons. The van der Waals surface area contributed by atoms with Crippen LogP contribution < -0.4 is 31.5 Å². The summed E-state index contributed by atoms with van der Waals surface area (Å²) in [7, 11) is 1.89. The maximum absolute atomic E-state index is 13.1. The van der Waals surface area contributed by atoms with Crippen LogP contribution in [0.2, 0.25) is 0 Å². The van der Waals surface area contributed by atoms with Crippen LogP contribution in [0.4, 0.5) is 28.3 Å². The second kappa shape index (κ2) is 50.1. The number of benzene rings is 1. The Bertz CT molecular complexity index is 3630. The molecule has 2 fully saturated rings. The molecule has 41 heteroatoms. The van der Waals surface area contributed by atoms with Crippen LogP contribution in [0.25, 0.3) is 0 Å². The summed E-state index contributed by atoms with van der Waals surface area (Å²) in [5.41, 5.74) is 1.43. The number of urea groups is 1. The van der Waals surface area contributed by atoms with Crippen molar-refractivity contribution in [3.05, 3.63) is 66.3 Å². The van der Waals surface area contributed by atoms with Gasteiger partial charge >= 0.3 is 65.9 Å². The van der Waals surface area contributed by atoms with Crippen LogP contribution in [0.3, 0.4) is 0 Å². The Labute approximate surface area is 646 Å². The fraction of sp³-hybridized carbons (Fsp3) is 0.620. The van der Waals surface area contributed by atoms with Crippen molar-refractivity contribution in [2.45, 2.75) is 166 Å². The van der Waals surface area contributed by atoms with Crippen molar-refractivity contribution in [2.24, 2.45) is 0 Å². The fourth-order valence-electron chi connectivity index (χ4n) is 12.9. The lowest BCUT2D eigenvalue weighted by Gasteiger charge is -2.37. The van der Waals surface area contributed by atoms with Gasteiger partial charge in [-0.2, -0.15) is 24.5 Å². The molecule has 1 unspecified atom stereocenters. The lowest BCUT2D eigenvalue weighted by molar-refractivity contribution is -0.192.